The van der Waals surface area contributed by atoms with E-state index >= 15 is 0 Å². The Labute approximate surface area is 119 Å². The summed E-state index contributed by atoms with van der Waals surface area (Å²) in [5.74, 6) is -3.43. The van der Waals surface area contributed by atoms with Gasteiger partial charge in [-0.25, -0.2) is 0 Å². The largest absolute Gasteiger partial charge is 0.545 e. The van der Waals surface area contributed by atoms with Crippen LogP contribution in [-0.4, -0.2) is 17.0 Å². The minimum absolute atomic E-state index is 0.163. The summed E-state index contributed by atoms with van der Waals surface area (Å²) >= 11 is 6.26. The number of aromatic hydroxyl groups is 1. The number of halogens is 2. The van der Waals surface area contributed by atoms with E-state index in [4.69, 9.17) is 0 Å². The van der Waals surface area contributed by atoms with E-state index in [0.29, 0.717) is 15.0 Å². The maximum atomic E-state index is 10.7. The average Bonchev–Trinajstić information content (AvgIpc) is 2.23. The lowest BCUT2D eigenvalue weighted by Gasteiger charge is -2.12. The third kappa shape index (κ3) is 3.85. The Kier molecular flexibility index (Phi) is 4.92. The molecule has 0 aliphatic rings. The van der Waals surface area contributed by atoms with Crippen LogP contribution in [0.1, 0.15) is 5.56 Å². The fourth-order valence-corrected chi connectivity index (χ4v) is 2.60. The Balaban J connectivity index is 3.16. The summed E-state index contributed by atoms with van der Waals surface area (Å²) in [5.41, 5.74) is -0.247. The number of phenols is 1. The first-order chi connectivity index (χ1) is 8.31. The number of benzene rings is 1. The molecule has 0 unspecified atom stereocenters. The van der Waals surface area contributed by atoms with Gasteiger partial charge in [0.05, 0.1) is 16.4 Å². The smallest absolute Gasteiger partial charge is 0.133 e. The molecular formula is C11H6Br2O5-2. The van der Waals surface area contributed by atoms with Crippen LogP contribution in [-0.2, 0) is 16.0 Å². The zero-order valence-corrected chi connectivity index (χ0v) is 11.9. The Hall–Kier alpha value is -1.34. The molecule has 0 fully saturated rings. The average molecular weight is 378 g/mol. The zero-order valence-electron chi connectivity index (χ0n) is 8.78. The summed E-state index contributed by atoms with van der Waals surface area (Å²) in [4.78, 5) is 21.1. The molecule has 7 heteroatoms. The summed E-state index contributed by atoms with van der Waals surface area (Å²) < 4.78 is 0.964. The van der Waals surface area contributed by atoms with Gasteiger partial charge in [0.1, 0.15) is 5.75 Å². The second kappa shape index (κ2) is 6.01. The van der Waals surface area contributed by atoms with Crippen molar-refractivity contribution in [3.05, 3.63) is 38.3 Å². The maximum Gasteiger partial charge on any atom is 0.133 e. The molecule has 0 bridgehead atoms. The second-order valence-electron chi connectivity index (χ2n) is 3.35. The lowest BCUT2D eigenvalue weighted by atomic mass is 10.0. The standard InChI is InChI=1S/C11H8Br2O5/c12-7-2-5(10(16)8(13)4-7)1-6(11(17)18)3-9(14)15/h2-4,16H,1H2,(H,14,15)(H,17,18)/p-2/b6-3+. The highest BCUT2D eigenvalue weighted by atomic mass is 79.9. The minimum atomic E-state index is -1.64. The van der Waals surface area contributed by atoms with Gasteiger partial charge in [0, 0.05) is 16.5 Å². The van der Waals surface area contributed by atoms with Gasteiger partial charge in [0.15, 0.2) is 0 Å². The normalized spacial score (nSPS) is 11.3. The molecule has 0 saturated heterocycles. The van der Waals surface area contributed by atoms with Crippen LogP contribution in [0, 0.1) is 0 Å². The van der Waals surface area contributed by atoms with Crippen molar-refractivity contribution in [1.82, 2.24) is 0 Å². The molecule has 0 aliphatic heterocycles. The first-order valence-corrected chi connectivity index (χ1v) is 6.19. The summed E-state index contributed by atoms with van der Waals surface area (Å²) in [5, 5.41) is 30.8. The van der Waals surface area contributed by atoms with E-state index in [9.17, 15) is 24.9 Å². The van der Waals surface area contributed by atoms with E-state index in [1.54, 1.807) is 6.07 Å². The van der Waals surface area contributed by atoms with Crippen molar-refractivity contribution in [2.75, 3.05) is 0 Å². The van der Waals surface area contributed by atoms with Crippen molar-refractivity contribution >= 4 is 43.8 Å². The van der Waals surface area contributed by atoms with Crippen LogP contribution < -0.4 is 10.2 Å². The second-order valence-corrected chi connectivity index (χ2v) is 5.12. The maximum absolute atomic E-state index is 10.7. The van der Waals surface area contributed by atoms with Crippen LogP contribution >= 0.6 is 31.9 Å². The van der Waals surface area contributed by atoms with Crippen molar-refractivity contribution < 1.29 is 24.9 Å². The summed E-state index contributed by atoms with van der Waals surface area (Å²) in [6.07, 6.45) is 0.143. The van der Waals surface area contributed by atoms with Gasteiger partial charge in [-0.05, 0) is 39.7 Å². The summed E-state index contributed by atoms with van der Waals surface area (Å²) in [6, 6.07) is 3.05. The number of carboxylic acids is 2. The third-order valence-electron chi connectivity index (χ3n) is 2.04. The number of carbonyl (C=O) groups is 2. The highest BCUT2D eigenvalue weighted by Crippen LogP contribution is 2.32. The molecule has 1 rings (SSSR count). The Bertz CT molecular complexity index is 536. The number of carboxylic acid groups (broad SMARTS) is 2. The lowest BCUT2D eigenvalue weighted by Crippen LogP contribution is -2.28. The van der Waals surface area contributed by atoms with Crippen LogP contribution in [0.5, 0.6) is 5.75 Å². The number of aliphatic carboxylic acids is 2. The van der Waals surface area contributed by atoms with Gasteiger partial charge in [0.2, 0.25) is 0 Å². The molecule has 0 spiro atoms. The first-order valence-electron chi connectivity index (χ1n) is 4.61. The molecule has 1 N–H and O–H groups in total. The molecule has 1 aromatic carbocycles. The van der Waals surface area contributed by atoms with Crippen LogP contribution in [0.3, 0.4) is 0 Å². The molecule has 1 aromatic rings. The fraction of sp³-hybridized carbons (Fsp3) is 0.0909. The quantitative estimate of drug-likeness (QED) is 0.737. The van der Waals surface area contributed by atoms with Crippen molar-refractivity contribution in [2.24, 2.45) is 0 Å². The van der Waals surface area contributed by atoms with E-state index in [1.807, 2.05) is 0 Å². The number of hydrogen-bond acceptors (Lipinski definition) is 5. The number of hydrogen-bond donors (Lipinski definition) is 1. The molecule has 5 nitrogen and oxygen atoms in total. The van der Waals surface area contributed by atoms with Crippen LogP contribution in [0.25, 0.3) is 0 Å². The minimum Gasteiger partial charge on any atom is -0.545 e. The van der Waals surface area contributed by atoms with Gasteiger partial charge < -0.3 is 24.9 Å². The predicted molar refractivity (Wildman–Crippen MR) is 65.3 cm³/mol. The van der Waals surface area contributed by atoms with E-state index in [2.05, 4.69) is 31.9 Å². The van der Waals surface area contributed by atoms with Gasteiger partial charge in [-0.1, -0.05) is 15.9 Å². The highest BCUT2D eigenvalue weighted by Gasteiger charge is 2.10. The fourth-order valence-electron chi connectivity index (χ4n) is 1.28. The monoisotopic (exact) mass is 376 g/mol. The predicted octanol–water partition coefficient (Wildman–Crippen LogP) is -0.114. The summed E-state index contributed by atoms with van der Waals surface area (Å²) in [6.45, 7) is 0. The molecule has 0 radical (unpaired) electrons. The van der Waals surface area contributed by atoms with Gasteiger partial charge in [-0.15, -0.1) is 0 Å². The topological polar surface area (TPSA) is 100 Å². The lowest BCUT2D eigenvalue weighted by molar-refractivity contribution is -0.303. The van der Waals surface area contributed by atoms with E-state index in [0.717, 1.165) is 0 Å². The molecule has 0 amide bonds. The molecule has 96 valence electrons. The Morgan fingerprint density at radius 3 is 2.39 bits per heavy atom. The van der Waals surface area contributed by atoms with Gasteiger partial charge in [-0.3, -0.25) is 0 Å². The SMILES string of the molecule is O=C([O-])/C=C(\Cc1cc(Br)cc(Br)c1O)C(=O)[O-]. The van der Waals surface area contributed by atoms with Crippen molar-refractivity contribution in [3.63, 3.8) is 0 Å². The third-order valence-corrected chi connectivity index (χ3v) is 3.10. The Morgan fingerprint density at radius 2 is 1.89 bits per heavy atom. The number of carbonyl (C=O) groups excluding carboxylic acids is 2. The van der Waals surface area contributed by atoms with E-state index in [-0.39, 0.29) is 17.7 Å². The van der Waals surface area contributed by atoms with Crippen molar-refractivity contribution in [3.8, 4) is 5.75 Å². The van der Waals surface area contributed by atoms with E-state index < -0.39 is 17.5 Å². The van der Waals surface area contributed by atoms with Gasteiger partial charge in [0.25, 0.3) is 0 Å². The van der Waals surface area contributed by atoms with Crippen molar-refractivity contribution in [1.29, 1.82) is 0 Å². The van der Waals surface area contributed by atoms with Crippen LogP contribution in [0.2, 0.25) is 0 Å². The molecule has 0 aromatic heterocycles. The number of phenolic OH excluding ortho intramolecular Hbond substituents is 1. The number of rotatable bonds is 4. The molecule has 0 saturated carbocycles. The molecule has 18 heavy (non-hydrogen) atoms. The van der Waals surface area contributed by atoms with Crippen molar-refractivity contribution in [2.45, 2.75) is 6.42 Å². The molecular weight excluding hydrogens is 372 g/mol. The first kappa shape index (κ1) is 14.7. The van der Waals surface area contributed by atoms with Gasteiger partial charge >= 0.3 is 0 Å². The highest BCUT2D eigenvalue weighted by molar-refractivity contribution is 9.11. The summed E-state index contributed by atoms with van der Waals surface area (Å²) in [7, 11) is 0. The molecule has 0 aliphatic carbocycles. The Morgan fingerprint density at radius 1 is 1.28 bits per heavy atom. The van der Waals surface area contributed by atoms with Gasteiger partial charge in [-0.2, -0.15) is 0 Å². The zero-order chi connectivity index (χ0) is 13.9. The molecule has 0 atom stereocenters. The van der Waals surface area contributed by atoms with Crippen LogP contribution in [0.15, 0.2) is 32.7 Å². The van der Waals surface area contributed by atoms with E-state index in [1.165, 1.54) is 6.07 Å². The molecule has 0 heterocycles. The van der Waals surface area contributed by atoms with Crippen LogP contribution in [0.4, 0.5) is 0 Å².